The first-order chi connectivity index (χ1) is 7.11. The molecule has 0 atom stereocenters. The van der Waals surface area contributed by atoms with E-state index in [2.05, 4.69) is 0 Å². The second-order valence-corrected chi connectivity index (χ2v) is 2.42. The van der Waals surface area contributed by atoms with Gasteiger partial charge >= 0.3 is 11.9 Å². The van der Waals surface area contributed by atoms with Crippen molar-refractivity contribution < 1.29 is 24.2 Å². The molecular weight excluding hydrogens is 200 g/mol. The molecule has 0 aromatic carbocycles. The van der Waals surface area contributed by atoms with Crippen LogP contribution in [0.5, 0.6) is 0 Å². The number of hydrogen-bond acceptors (Lipinski definition) is 4. The van der Waals surface area contributed by atoms with Crippen LogP contribution in [0.1, 0.15) is 13.8 Å². The summed E-state index contributed by atoms with van der Waals surface area (Å²) in [5.74, 6) is -1.75. The smallest absolute Gasteiger partial charge is 0.341 e. The molecule has 0 unspecified atom stereocenters. The monoisotopic (exact) mass is 214 g/mol. The summed E-state index contributed by atoms with van der Waals surface area (Å²) in [4.78, 5) is 21.5. The molecular formula is C10H14O5. The third-order valence-corrected chi connectivity index (χ3v) is 1.29. The minimum absolute atomic E-state index is 0.0705. The minimum atomic E-state index is -1.14. The lowest BCUT2D eigenvalue weighted by Crippen LogP contribution is -2.07. The predicted molar refractivity (Wildman–Crippen MR) is 53.1 cm³/mol. The molecule has 0 bridgehead atoms. The molecule has 5 nitrogen and oxygen atoms in total. The quantitative estimate of drug-likeness (QED) is 0.310. The number of ether oxygens (including phenoxy) is 2. The van der Waals surface area contributed by atoms with Crippen LogP contribution in [0, 0.1) is 0 Å². The van der Waals surface area contributed by atoms with Crippen molar-refractivity contribution in [3.8, 4) is 0 Å². The molecule has 84 valence electrons. The Balaban J connectivity index is 4.57. The van der Waals surface area contributed by atoms with E-state index in [4.69, 9.17) is 14.6 Å². The summed E-state index contributed by atoms with van der Waals surface area (Å²) >= 11 is 0. The van der Waals surface area contributed by atoms with Gasteiger partial charge in [-0.3, -0.25) is 0 Å². The van der Waals surface area contributed by atoms with Crippen LogP contribution in [-0.4, -0.2) is 30.3 Å². The molecule has 5 heteroatoms. The Labute approximate surface area is 88.0 Å². The number of esters is 1. The summed E-state index contributed by atoms with van der Waals surface area (Å²) in [6.45, 7) is 4.03. The van der Waals surface area contributed by atoms with E-state index in [1.807, 2.05) is 0 Å². The van der Waals surface area contributed by atoms with Crippen LogP contribution < -0.4 is 0 Å². The van der Waals surface area contributed by atoms with E-state index in [1.54, 1.807) is 13.8 Å². The Bertz CT molecular complexity index is 278. The lowest BCUT2D eigenvalue weighted by Gasteiger charge is -2.02. The molecule has 0 aliphatic carbocycles. The predicted octanol–water partition coefficient (Wildman–Crippen LogP) is 1.11. The van der Waals surface area contributed by atoms with E-state index < -0.39 is 11.9 Å². The Morgan fingerprint density at radius 2 is 1.87 bits per heavy atom. The van der Waals surface area contributed by atoms with Crippen LogP contribution >= 0.6 is 0 Å². The van der Waals surface area contributed by atoms with E-state index in [-0.39, 0.29) is 12.2 Å². The molecule has 15 heavy (non-hydrogen) atoms. The highest BCUT2D eigenvalue weighted by Crippen LogP contribution is 2.01. The maximum absolute atomic E-state index is 11.2. The number of rotatable bonds is 6. The number of aliphatic carboxylic acids is 1. The Kier molecular flexibility index (Phi) is 6.70. The highest BCUT2D eigenvalue weighted by Gasteiger charge is 2.07. The van der Waals surface area contributed by atoms with Gasteiger partial charge in [0.05, 0.1) is 25.0 Å². The minimum Gasteiger partial charge on any atom is -0.501 e. The third-order valence-electron chi connectivity index (χ3n) is 1.29. The summed E-state index contributed by atoms with van der Waals surface area (Å²) in [6.07, 6.45) is 3.16. The van der Waals surface area contributed by atoms with E-state index in [9.17, 15) is 9.59 Å². The molecule has 0 saturated carbocycles. The first-order valence-corrected chi connectivity index (χ1v) is 4.51. The average Bonchev–Trinajstić information content (AvgIpc) is 2.17. The van der Waals surface area contributed by atoms with Crippen LogP contribution in [0.15, 0.2) is 24.0 Å². The molecule has 1 N–H and O–H groups in total. The second-order valence-electron chi connectivity index (χ2n) is 2.42. The van der Waals surface area contributed by atoms with Crippen molar-refractivity contribution in [2.75, 3.05) is 13.2 Å². The van der Waals surface area contributed by atoms with Crippen LogP contribution in [0.3, 0.4) is 0 Å². The fourth-order valence-electron chi connectivity index (χ4n) is 0.704. The SMILES string of the molecule is CCOC=C(C=CC(=O)O)C(=O)OCC. The maximum atomic E-state index is 11.2. The van der Waals surface area contributed by atoms with Gasteiger partial charge in [-0.15, -0.1) is 0 Å². The zero-order valence-electron chi connectivity index (χ0n) is 8.73. The first-order valence-electron chi connectivity index (χ1n) is 4.51. The maximum Gasteiger partial charge on any atom is 0.341 e. The van der Waals surface area contributed by atoms with Gasteiger partial charge in [0.25, 0.3) is 0 Å². The number of hydrogen-bond donors (Lipinski definition) is 1. The summed E-state index contributed by atoms with van der Waals surface area (Å²) < 4.78 is 9.59. The molecule has 0 aromatic heterocycles. The van der Waals surface area contributed by atoms with Gasteiger partial charge in [-0.2, -0.15) is 0 Å². The van der Waals surface area contributed by atoms with Crippen molar-refractivity contribution in [3.63, 3.8) is 0 Å². The van der Waals surface area contributed by atoms with Crippen LogP contribution in [0.2, 0.25) is 0 Å². The Hall–Kier alpha value is -1.78. The fraction of sp³-hybridized carbons (Fsp3) is 0.400. The van der Waals surface area contributed by atoms with E-state index in [0.717, 1.165) is 12.2 Å². The summed E-state index contributed by atoms with van der Waals surface area (Å²) in [5, 5.41) is 8.39. The molecule has 0 amide bonds. The lowest BCUT2D eigenvalue weighted by molar-refractivity contribution is -0.138. The van der Waals surface area contributed by atoms with E-state index in [1.165, 1.54) is 6.26 Å². The summed E-state index contributed by atoms with van der Waals surface area (Å²) in [6, 6.07) is 0. The zero-order valence-corrected chi connectivity index (χ0v) is 8.73. The van der Waals surface area contributed by atoms with Crippen molar-refractivity contribution in [1.29, 1.82) is 0 Å². The van der Waals surface area contributed by atoms with E-state index in [0.29, 0.717) is 6.61 Å². The van der Waals surface area contributed by atoms with Crippen molar-refractivity contribution in [2.45, 2.75) is 13.8 Å². The largest absolute Gasteiger partial charge is 0.501 e. The normalized spacial score (nSPS) is 11.5. The molecule has 0 radical (unpaired) electrons. The molecule has 0 spiro atoms. The fourth-order valence-corrected chi connectivity index (χ4v) is 0.704. The van der Waals surface area contributed by atoms with Gasteiger partial charge in [0.15, 0.2) is 0 Å². The number of carboxylic acid groups (broad SMARTS) is 1. The molecule has 0 aliphatic rings. The van der Waals surface area contributed by atoms with Crippen molar-refractivity contribution in [2.24, 2.45) is 0 Å². The highest BCUT2D eigenvalue weighted by atomic mass is 16.5. The van der Waals surface area contributed by atoms with Gasteiger partial charge in [0.1, 0.15) is 0 Å². The van der Waals surface area contributed by atoms with E-state index >= 15 is 0 Å². The van der Waals surface area contributed by atoms with Crippen molar-refractivity contribution >= 4 is 11.9 Å². The van der Waals surface area contributed by atoms with Gasteiger partial charge in [-0.05, 0) is 19.9 Å². The van der Waals surface area contributed by atoms with Crippen LogP contribution in [0.25, 0.3) is 0 Å². The molecule has 0 aliphatic heterocycles. The van der Waals surface area contributed by atoms with Crippen molar-refractivity contribution in [3.05, 3.63) is 24.0 Å². The van der Waals surface area contributed by atoms with Gasteiger partial charge in [0.2, 0.25) is 0 Å². The zero-order chi connectivity index (χ0) is 11.7. The number of carboxylic acids is 1. The first kappa shape index (κ1) is 13.2. The average molecular weight is 214 g/mol. The van der Waals surface area contributed by atoms with Crippen LogP contribution in [-0.2, 0) is 19.1 Å². The molecule has 0 aromatic rings. The van der Waals surface area contributed by atoms with Crippen LogP contribution in [0.4, 0.5) is 0 Å². The van der Waals surface area contributed by atoms with Crippen molar-refractivity contribution in [1.82, 2.24) is 0 Å². The van der Waals surface area contributed by atoms with Gasteiger partial charge in [-0.1, -0.05) is 0 Å². The summed E-state index contributed by atoms with van der Waals surface area (Å²) in [5.41, 5.74) is 0.0705. The summed E-state index contributed by atoms with van der Waals surface area (Å²) in [7, 11) is 0. The Morgan fingerprint density at radius 3 is 2.33 bits per heavy atom. The highest BCUT2D eigenvalue weighted by molar-refractivity contribution is 5.93. The standard InChI is InChI=1S/C10H14O5/c1-3-14-7-8(5-6-9(11)12)10(13)15-4-2/h5-7H,3-4H2,1-2H3,(H,11,12). The Morgan fingerprint density at radius 1 is 1.20 bits per heavy atom. The molecule has 0 fully saturated rings. The molecule has 0 heterocycles. The van der Waals surface area contributed by atoms with Gasteiger partial charge < -0.3 is 14.6 Å². The van der Waals surface area contributed by atoms with Gasteiger partial charge in [0, 0.05) is 6.08 Å². The second kappa shape index (κ2) is 7.61. The number of carbonyl (C=O) groups is 2. The molecule has 0 saturated heterocycles. The topological polar surface area (TPSA) is 72.8 Å². The number of carbonyl (C=O) groups excluding carboxylic acids is 1. The lowest BCUT2D eigenvalue weighted by atomic mass is 10.2. The molecule has 0 rings (SSSR count). The third kappa shape index (κ3) is 6.31. The van der Waals surface area contributed by atoms with Gasteiger partial charge in [-0.25, -0.2) is 9.59 Å².